The van der Waals surface area contributed by atoms with E-state index < -0.39 is 0 Å². The summed E-state index contributed by atoms with van der Waals surface area (Å²) in [7, 11) is 0. The van der Waals surface area contributed by atoms with Crippen LogP contribution in [0.5, 0.6) is 0 Å². The molecule has 2 aliphatic carbocycles. The molecule has 0 bridgehead atoms. The number of rotatable bonds is 5. The first kappa shape index (κ1) is 14.1. The summed E-state index contributed by atoms with van der Waals surface area (Å²) >= 11 is 3.51. The van der Waals surface area contributed by atoms with Gasteiger partial charge >= 0.3 is 0 Å². The Kier molecular flexibility index (Phi) is 4.16. The lowest BCUT2D eigenvalue weighted by molar-refractivity contribution is -0.136. The largest absolute Gasteiger partial charge is 0.338 e. The SMILES string of the molecule is O=C(N(CCBr)C1CCCC1)C1(c2ccccc2)CC1. The molecule has 0 aromatic heterocycles. The molecule has 0 N–H and O–H groups in total. The summed E-state index contributed by atoms with van der Waals surface area (Å²) in [5, 5.41) is 0.875. The normalized spacial score (nSPS) is 20.9. The topological polar surface area (TPSA) is 20.3 Å². The second-order valence-electron chi connectivity index (χ2n) is 6.07. The highest BCUT2D eigenvalue weighted by atomic mass is 79.9. The molecule has 0 radical (unpaired) electrons. The molecule has 1 amide bonds. The molecular weight excluding hydrogens is 314 g/mol. The zero-order chi connectivity index (χ0) is 14.0. The number of benzene rings is 1. The molecule has 0 spiro atoms. The molecular formula is C17H22BrNO. The Hall–Kier alpha value is -0.830. The minimum absolute atomic E-state index is 0.202. The molecule has 3 heteroatoms. The molecule has 2 nitrogen and oxygen atoms in total. The standard InChI is InChI=1S/C17H22BrNO/c18-12-13-19(15-8-4-5-9-15)16(20)17(10-11-17)14-6-2-1-3-7-14/h1-3,6-7,15H,4-5,8-13H2. The summed E-state index contributed by atoms with van der Waals surface area (Å²) in [6, 6.07) is 10.8. The van der Waals surface area contributed by atoms with E-state index in [-0.39, 0.29) is 5.41 Å². The van der Waals surface area contributed by atoms with Crippen molar-refractivity contribution in [2.45, 2.75) is 50.0 Å². The maximum absolute atomic E-state index is 13.1. The van der Waals surface area contributed by atoms with Crippen molar-refractivity contribution in [2.75, 3.05) is 11.9 Å². The van der Waals surface area contributed by atoms with Gasteiger partial charge in [0.25, 0.3) is 0 Å². The number of carbonyl (C=O) groups excluding carboxylic acids is 1. The summed E-state index contributed by atoms with van der Waals surface area (Å²) in [6.45, 7) is 0.845. The van der Waals surface area contributed by atoms with Gasteiger partial charge in [0.2, 0.25) is 5.91 Å². The fraction of sp³-hybridized carbons (Fsp3) is 0.588. The van der Waals surface area contributed by atoms with Crippen molar-refractivity contribution in [3.8, 4) is 0 Å². The Morgan fingerprint density at radius 2 is 1.85 bits per heavy atom. The Balaban J connectivity index is 1.82. The minimum atomic E-state index is -0.202. The van der Waals surface area contributed by atoms with E-state index in [2.05, 4.69) is 33.0 Å². The Morgan fingerprint density at radius 3 is 2.40 bits per heavy atom. The molecule has 2 saturated carbocycles. The van der Waals surface area contributed by atoms with Gasteiger partial charge in [-0.25, -0.2) is 0 Å². The van der Waals surface area contributed by atoms with Crippen LogP contribution in [0.1, 0.15) is 44.1 Å². The van der Waals surface area contributed by atoms with Crippen LogP contribution in [0.3, 0.4) is 0 Å². The number of halogens is 1. The summed E-state index contributed by atoms with van der Waals surface area (Å²) in [5.74, 6) is 0.370. The summed E-state index contributed by atoms with van der Waals surface area (Å²) in [4.78, 5) is 15.3. The van der Waals surface area contributed by atoms with Crippen molar-refractivity contribution in [3.63, 3.8) is 0 Å². The molecule has 108 valence electrons. The molecule has 0 unspecified atom stereocenters. The van der Waals surface area contributed by atoms with Crippen LogP contribution in [0.15, 0.2) is 30.3 Å². The Labute approximate surface area is 129 Å². The third-order valence-electron chi connectivity index (χ3n) is 4.84. The van der Waals surface area contributed by atoms with Gasteiger partial charge in [0.1, 0.15) is 0 Å². The molecule has 2 fully saturated rings. The lowest BCUT2D eigenvalue weighted by Gasteiger charge is -2.32. The van der Waals surface area contributed by atoms with Gasteiger partial charge in [-0.15, -0.1) is 0 Å². The van der Waals surface area contributed by atoms with E-state index in [0.29, 0.717) is 11.9 Å². The van der Waals surface area contributed by atoms with Gasteiger partial charge in [-0.2, -0.15) is 0 Å². The van der Waals surface area contributed by atoms with Crippen LogP contribution < -0.4 is 0 Å². The molecule has 2 aliphatic rings. The van der Waals surface area contributed by atoms with Gasteiger partial charge in [0.15, 0.2) is 0 Å². The number of hydrogen-bond acceptors (Lipinski definition) is 1. The molecule has 20 heavy (non-hydrogen) atoms. The van der Waals surface area contributed by atoms with Crippen molar-refractivity contribution in [2.24, 2.45) is 0 Å². The zero-order valence-corrected chi connectivity index (χ0v) is 13.4. The molecule has 0 heterocycles. The van der Waals surface area contributed by atoms with Crippen LogP contribution in [-0.2, 0) is 10.2 Å². The van der Waals surface area contributed by atoms with Gasteiger partial charge in [0.05, 0.1) is 5.41 Å². The highest BCUT2D eigenvalue weighted by Crippen LogP contribution is 2.50. The second-order valence-corrected chi connectivity index (χ2v) is 6.87. The van der Waals surface area contributed by atoms with Gasteiger partial charge in [-0.3, -0.25) is 4.79 Å². The van der Waals surface area contributed by atoms with Crippen LogP contribution in [-0.4, -0.2) is 28.7 Å². The quantitative estimate of drug-likeness (QED) is 0.747. The molecule has 1 aromatic carbocycles. The molecule has 0 saturated heterocycles. The van der Waals surface area contributed by atoms with E-state index in [1.165, 1.54) is 31.2 Å². The highest BCUT2D eigenvalue weighted by Gasteiger charge is 2.53. The smallest absolute Gasteiger partial charge is 0.233 e. The number of amides is 1. The maximum atomic E-state index is 13.1. The molecule has 3 rings (SSSR count). The van der Waals surface area contributed by atoms with Crippen LogP contribution in [0.25, 0.3) is 0 Å². The van der Waals surface area contributed by atoms with Crippen molar-refractivity contribution in [1.29, 1.82) is 0 Å². The van der Waals surface area contributed by atoms with E-state index >= 15 is 0 Å². The van der Waals surface area contributed by atoms with Crippen molar-refractivity contribution >= 4 is 21.8 Å². The lowest BCUT2D eigenvalue weighted by atomic mass is 9.93. The first-order valence-electron chi connectivity index (χ1n) is 7.70. The molecule has 1 aromatic rings. The predicted octanol–water partition coefficient (Wildman–Crippen LogP) is 3.88. The Bertz CT molecular complexity index is 463. The van der Waals surface area contributed by atoms with E-state index in [9.17, 15) is 4.79 Å². The van der Waals surface area contributed by atoms with Gasteiger partial charge in [0, 0.05) is 17.9 Å². The van der Waals surface area contributed by atoms with Crippen molar-refractivity contribution in [3.05, 3.63) is 35.9 Å². The third kappa shape index (κ3) is 2.52. The fourth-order valence-corrected chi connectivity index (χ4v) is 3.92. The number of alkyl halides is 1. The van der Waals surface area contributed by atoms with Crippen LogP contribution >= 0.6 is 15.9 Å². The number of carbonyl (C=O) groups is 1. The van der Waals surface area contributed by atoms with Gasteiger partial charge in [-0.1, -0.05) is 59.1 Å². The van der Waals surface area contributed by atoms with Gasteiger partial charge < -0.3 is 4.90 Å². The van der Waals surface area contributed by atoms with Crippen molar-refractivity contribution in [1.82, 2.24) is 4.90 Å². The molecule has 0 aliphatic heterocycles. The minimum Gasteiger partial charge on any atom is -0.338 e. The van der Waals surface area contributed by atoms with Gasteiger partial charge in [-0.05, 0) is 31.2 Å². The summed E-state index contributed by atoms with van der Waals surface area (Å²) in [6.07, 6.45) is 6.94. The van der Waals surface area contributed by atoms with Crippen LogP contribution in [0, 0.1) is 0 Å². The van der Waals surface area contributed by atoms with Crippen LogP contribution in [0.4, 0.5) is 0 Å². The average Bonchev–Trinajstić information content (AvgIpc) is 3.13. The molecule has 0 atom stereocenters. The highest BCUT2D eigenvalue weighted by molar-refractivity contribution is 9.09. The third-order valence-corrected chi connectivity index (χ3v) is 5.19. The monoisotopic (exact) mass is 335 g/mol. The lowest BCUT2D eigenvalue weighted by Crippen LogP contribution is -2.45. The number of hydrogen-bond donors (Lipinski definition) is 0. The Morgan fingerprint density at radius 1 is 1.20 bits per heavy atom. The van der Waals surface area contributed by atoms with E-state index in [1.807, 2.05) is 18.2 Å². The summed E-state index contributed by atoms with van der Waals surface area (Å²) in [5.41, 5.74) is 1.01. The van der Waals surface area contributed by atoms with Crippen LogP contribution in [0.2, 0.25) is 0 Å². The first-order chi connectivity index (χ1) is 9.78. The summed E-state index contributed by atoms with van der Waals surface area (Å²) < 4.78 is 0. The predicted molar refractivity (Wildman–Crippen MR) is 85.1 cm³/mol. The van der Waals surface area contributed by atoms with E-state index in [4.69, 9.17) is 0 Å². The van der Waals surface area contributed by atoms with Crippen molar-refractivity contribution < 1.29 is 4.79 Å². The zero-order valence-electron chi connectivity index (χ0n) is 11.9. The fourth-order valence-electron chi connectivity index (χ4n) is 3.54. The first-order valence-corrected chi connectivity index (χ1v) is 8.83. The van der Waals surface area contributed by atoms with E-state index in [1.54, 1.807) is 0 Å². The average molecular weight is 336 g/mol. The number of nitrogens with zero attached hydrogens (tertiary/aromatic N) is 1. The maximum Gasteiger partial charge on any atom is 0.233 e. The van der Waals surface area contributed by atoms with E-state index in [0.717, 1.165) is 24.7 Å². The second kappa shape index (κ2) is 5.88.